The monoisotopic (exact) mass is 493 g/mol. The number of aliphatic carboxylic acids is 2. The van der Waals surface area contributed by atoms with Crippen molar-refractivity contribution in [2.45, 2.75) is 11.4 Å². The molecule has 0 saturated heterocycles. The maximum atomic E-state index is 12.9. The lowest BCUT2D eigenvalue weighted by atomic mass is 9.88. The summed E-state index contributed by atoms with van der Waals surface area (Å²) in [6.07, 6.45) is 3.00. The summed E-state index contributed by atoms with van der Waals surface area (Å²) < 4.78 is 2.45. The highest BCUT2D eigenvalue weighted by Gasteiger charge is 2.36. The number of aromatic nitrogens is 1. The highest BCUT2D eigenvalue weighted by Crippen LogP contribution is 2.47. The first-order chi connectivity index (χ1) is 16.3. The summed E-state index contributed by atoms with van der Waals surface area (Å²) in [4.78, 5) is 38.1. The molecule has 170 valence electrons. The average molecular weight is 494 g/mol. The molecule has 0 spiro atoms. The van der Waals surface area contributed by atoms with Crippen LogP contribution in [0.4, 0.5) is 5.69 Å². The Hall–Kier alpha value is -3.89. The lowest BCUT2D eigenvalue weighted by Gasteiger charge is -2.22. The predicted octanol–water partition coefficient (Wildman–Crippen LogP) is 3.59. The van der Waals surface area contributed by atoms with Crippen molar-refractivity contribution in [2.24, 2.45) is 0 Å². The van der Waals surface area contributed by atoms with Crippen molar-refractivity contribution >= 4 is 62.8 Å². The van der Waals surface area contributed by atoms with E-state index in [2.05, 4.69) is 0 Å². The maximum Gasteiger partial charge on any atom is 0.370 e. The average Bonchev–Trinajstić information content (AvgIpc) is 3.33. The molecule has 3 N–H and O–H groups in total. The van der Waals surface area contributed by atoms with E-state index in [0.717, 1.165) is 20.8 Å². The van der Waals surface area contributed by atoms with E-state index >= 15 is 0 Å². The van der Waals surface area contributed by atoms with Crippen molar-refractivity contribution in [2.75, 3.05) is 11.4 Å². The summed E-state index contributed by atoms with van der Waals surface area (Å²) in [5.74, 6) is -2.64. The molecule has 5 rings (SSSR count). The molecule has 0 fully saturated rings. The van der Waals surface area contributed by atoms with Gasteiger partial charge in [0.2, 0.25) is 17.8 Å². The Labute approximate surface area is 201 Å². The van der Waals surface area contributed by atoms with Crippen molar-refractivity contribution in [1.82, 2.24) is 0 Å². The number of benzene rings is 2. The van der Waals surface area contributed by atoms with Crippen molar-refractivity contribution in [1.29, 1.82) is 0 Å². The van der Waals surface area contributed by atoms with Crippen LogP contribution in [-0.2, 0) is 20.9 Å². The Bertz CT molecular complexity index is 1480. The fraction of sp³-hybridized carbons (Fsp3) is 0.0833. The zero-order valence-electron chi connectivity index (χ0n) is 17.5. The number of carbonyl (C=O) groups is 3. The lowest BCUT2D eigenvalue weighted by Crippen LogP contribution is -2.39. The molecule has 0 unspecified atom stereocenters. The Kier molecular flexibility index (Phi) is 5.46. The lowest BCUT2D eigenvalue weighted by molar-refractivity contribution is -0.657. The van der Waals surface area contributed by atoms with Crippen LogP contribution in [0.5, 0.6) is 0 Å². The number of fused-ring (bicyclic) bond motifs is 2. The molecule has 2 aromatic carbocycles. The summed E-state index contributed by atoms with van der Waals surface area (Å²) in [6.45, 7) is -0.560. The van der Waals surface area contributed by atoms with E-state index in [1.165, 1.54) is 35.3 Å². The van der Waals surface area contributed by atoms with Crippen molar-refractivity contribution in [3.63, 3.8) is 0 Å². The van der Waals surface area contributed by atoms with Crippen molar-refractivity contribution in [3.05, 3.63) is 81.5 Å². The summed E-state index contributed by atoms with van der Waals surface area (Å²) in [7, 11) is 0. The minimum absolute atomic E-state index is 0.0860. The molecular formula is C24H17N2O6S2+. The predicted molar refractivity (Wildman–Crippen MR) is 128 cm³/mol. The van der Waals surface area contributed by atoms with E-state index in [1.807, 2.05) is 24.3 Å². The fourth-order valence-corrected chi connectivity index (χ4v) is 6.08. The molecule has 2 aliphatic rings. The zero-order valence-corrected chi connectivity index (χ0v) is 19.1. The number of rotatable bonds is 6. The van der Waals surface area contributed by atoms with E-state index in [9.17, 15) is 29.7 Å². The first kappa shape index (κ1) is 21.9. The van der Waals surface area contributed by atoms with Crippen molar-refractivity contribution in [3.8, 4) is 0 Å². The van der Waals surface area contributed by atoms with E-state index in [4.69, 9.17) is 0 Å². The van der Waals surface area contributed by atoms with Gasteiger partial charge in [0.1, 0.15) is 17.0 Å². The molecule has 3 aromatic rings. The van der Waals surface area contributed by atoms with Crippen LogP contribution in [0.1, 0.15) is 5.01 Å². The quantitative estimate of drug-likeness (QED) is 0.352. The topological polar surface area (TPSA) is 119 Å². The van der Waals surface area contributed by atoms with Gasteiger partial charge in [-0.2, -0.15) is 4.57 Å². The molecule has 1 aliphatic carbocycles. The van der Waals surface area contributed by atoms with Gasteiger partial charge in [-0.05, 0) is 24.3 Å². The van der Waals surface area contributed by atoms with Gasteiger partial charge in [0.15, 0.2) is 0 Å². The number of aliphatic hydroxyl groups is 1. The Morgan fingerprint density at radius 3 is 2.47 bits per heavy atom. The molecular weight excluding hydrogens is 476 g/mol. The number of aliphatic hydroxyl groups excluding tert-OH is 1. The number of anilines is 1. The van der Waals surface area contributed by atoms with Crippen molar-refractivity contribution < 1.29 is 34.3 Å². The molecule has 8 nitrogen and oxygen atoms in total. The molecule has 0 atom stereocenters. The SMILES string of the molecule is O=C(O)CN1/C(=C/C2=C(O)C(=C\c3sc4ccccc4[n+]3CC(=O)O)/C2=O)Sc2ccccc21. The Morgan fingerprint density at radius 2 is 1.74 bits per heavy atom. The van der Waals surface area contributed by atoms with Gasteiger partial charge in [0, 0.05) is 17.0 Å². The van der Waals surface area contributed by atoms with E-state index in [-0.39, 0.29) is 30.0 Å². The molecule has 1 aliphatic heterocycles. The third-order valence-electron chi connectivity index (χ3n) is 5.40. The van der Waals surface area contributed by atoms with Crippen LogP contribution in [-0.4, -0.2) is 39.6 Å². The first-order valence-corrected chi connectivity index (χ1v) is 11.8. The fourth-order valence-electron chi connectivity index (χ4n) is 3.87. The number of carboxylic acid groups (broad SMARTS) is 2. The standard InChI is InChI=1S/C24H16N2O6S2/c27-21(28)11-25-15-5-1-3-7-17(15)33-19(25)9-13-23(31)14(24(13)32)10-20-26(12-22(29)30)16-6-2-4-8-18(16)34-20/h1-10H,11-12H2,(H2-,27,28,29,30,31,32)/p+1. The van der Waals surface area contributed by atoms with E-state index in [1.54, 1.807) is 33.7 Å². The number of thiazole rings is 1. The number of carboxylic acids is 2. The maximum absolute atomic E-state index is 12.9. The summed E-state index contributed by atoms with van der Waals surface area (Å²) >= 11 is 2.65. The number of nitrogens with zero attached hydrogens (tertiary/aromatic N) is 2. The Balaban J connectivity index is 1.52. The number of thioether (sulfide) groups is 1. The van der Waals surface area contributed by atoms with Gasteiger partial charge in [-0.1, -0.05) is 47.4 Å². The molecule has 0 amide bonds. The van der Waals surface area contributed by atoms with Crippen LogP contribution in [0, 0.1) is 0 Å². The number of Topliss-reactive ketones (excluding diaryl/α,β-unsaturated/α-hetero) is 1. The van der Waals surface area contributed by atoms with Gasteiger partial charge in [-0.15, -0.1) is 0 Å². The van der Waals surface area contributed by atoms with Gasteiger partial charge in [0.25, 0.3) is 5.01 Å². The molecule has 10 heteroatoms. The van der Waals surface area contributed by atoms with Crippen LogP contribution in [0.15, 0.2) is 81.4 Å². The first-order valence-electron chi connectivity index (χ1n) is 10.1. The van der Waals surface area contributed by atoms with Gasteiger partial charge < -0.3 is 20.2 Å². The number of hydrogen-bond donors (Lipinski definition) is 3. The van der Waals surface area contributed by atoms with Crippen LogP contribution >= 0.6 is 23.1 Å². The molecule has 0 saturated carbocycles. The molecule has 2 heterocycles. The number of allylic oxidation sites excluding steroid dienone is 3. The number of hydrogen-bond acceptors (Lipinski definition) is 7. The summed E-state index contributed by atoms with van der Waals surface area (Å²) in [6, 6.07) is 14.6. The minimum Gasteiger partial charge on any atom is -0.506 e. The highest BCUT2D eigenvalue weighted by molar-refractivity contribution is 8.03. The number of para-hydroxylation sites is 2. The molecule has 0 bridgehead atoms. The van der Waals surface area contributed by atoms with Gasteiger partial charge in [-0.25, -0.2) is 4.79 Å². The minimum atomic E-state index is -1.02. The van der Waals surface area contributed by atoms with Crippen LogP contribution in [0.25, 0.3) is 16.3 Å². The smallest absolute Gasteiger partial charge is 0.370 e. The van der Waals surface area contributed by atoms with E-state index < -0.39 is 17.7 Å². The molecule has 0 radical (unpaired) electrons. The normalized spacial score (nSPS) is 17.5. The largest absolute Gasteiger partial charge is 0.506 e. The molecule has 34 heavy (non-hydrogen) atoms. The van der Waals surface area contributed by atoms with E-state index in [0.29, 0.717) is 10.0 Å². The highest BCUT2D eigenvalue weighted by atomic mass is 32.2. The second-order valence-electron chi connectivity index (χ2n) is 7.57. The number of ketones is 1. The number of carbonyl (C=O) groups excluding carboxylic acids is 1. The van der Waals surface area contributed by atoms with Gasteiger partial charge in [-0.3, -0.25) is 9.59 Å². The van der Waals surface area contributed by atoms with Crippen LogP contribution < -0.4 is 9.47 Å². The third-order valence-corrected chi connectivity index (χ3v) is 7.62. The van der Waals surface area contributed by atoms with Gasteiger partial charge >= 0.3 is 11.9 Å². The van der Waals surface area contributed by atoms with Crippen LogP contribution in [0.2, 0.25) is 0 Å². The molecule has 1 aromatic heterocycles. The summed E-state index contributed by atoms with van der Waals surface area (Å²) in [5, 5.41) is 30.4. The second-order valence-corrected chi connectivity index (χ2v) is 9.69. The third kappa shape index (κ3) is 3.76. The Morgan fingerprint density at radius 1 is 1.00 bits per heavy atom. The zero-order chi connectivity index (χ0) is 24.0. The second kappa shape index (κ2) is 8.47. The summed E-state index contributed by atoms with van der Waals surface area (Å²) in [5.41, 5.74) is 1.62. The van der Waals surface area contributed by atoms with Gasteiger partial charge in [0.05, 0.1) is 21.9 Å². The van der Waals surface area contributed by atoms with Crippen LogP contribution in [0.3, 0.4) is 0 Å².